The van der Waals surface area contributed by atoms with Gasteiger partial charge in [-0.15, -0.1) is 0 Å². The monoisotopic (exact) mass is 399 g/mol. The highest BCUT2D eigenvalue weighted by molar-refractivity contribution is 6.34. The Bertz CT molecular complexity index is 973. The Labute approximate surface area is 168 Å². The normalized spacial score (nSPS) is 10.7. The maximum absolute atomic E-state index is 12.9. The van der Waals surface area contributed by atoms with Gasteiger partial charge in [0.2, 0.25) is 5.91 Å². The molecule has 2 amide bonds. The van der Waals surface area contributed by atoms with E-state index in [1.54, 1.807) is 37.6 Å². The largest absolute Gasteiger partial charge is 0.467 e. The van der Waals surface area contributed by atoms with E-state index in [4.69, 9.17) is 16.0 Å². The van der Waals surface area contributed by atoms with E-state index in [0.29, 0.717) is 16.3 Å². The van der Waals surface area contributed by atoms with Crippen LogP contribution in [0.15, 0.2) is 53.1 Å². The molecule has 6 nitrogen and oxygen atoms in total. The van der Waals surface area contributed by atoms with Gasteiger partial charge in [0.05, 0.1) is 29.9 Å². The molecule has 0 fully saturated rings. The number of benzene rings is 1. The average Bonchev–Trinajstić information content (AvgIpc) is 3.30. The van der Waals surface area contributed by atoms with Crippen LogP contribution in [0.3, 0.4) is 0 Å². The Balaban J connectivity index is 1.72. The topological polar surface area (TPSA) is 67.5 Å². The fraction of sp³-hybridized carbons (Fsp3) is 0.238. The lowest BCUT2D eigenvalue weighted by Gasteiger charge is -2.18. The van der Waals surface area contributed by atoms with Crippen molar-refractivity contribution in [3.63, 3.8) is 0 Å². The van der Waals surface area contributed by atoms with Crippen molar-refractivity contribution in [2.75, 3.05) is 13.6 Å². The molecular weight excluding hydrogens is 378 g/mol. The summed E-state index contributed by atoms with van der Waals surface area (Å²) in [5.74, 6) is 0.0506. The fourth-order valence-corrected chi connectivity index (χ4v) is 3.24. The third-order valence-corrected chi connectivity index (χ3v) is 4.81. The van der Waals surface area contributed by atoms with Crippen LogP contribution in [0.5, 0.6) is 0 Å². The molecule has 0 radical (unpaired) electrons. The number of aromatic nitrogens is 1. The van der Waals surface area contributed by atoms with Gasteiger partial charge < -0.3 is 19.2 Å². The Hall–Kier alpha value is -2.99. The molecule has 146 valence electrons. The van der Waals surface area contributed by atoms with Crippen molar-refractivity contribution in [1.29, 1.82) is 0 Å². The van der Waals surface area contributed by atoms with Crippen LogP contribution >= 0.6 is 11.6 Å². The highest BCUT2D eigenvalue weighted by Gasteiger charge is 2.19. The second kappa shape index (κ2) is 8.35. The molecular formula is C21H22ClN3O3. The van der Waals surface area contributed by atoms with Crippen LogP contribution in [0, 0.1) is 13.8 Å². The number of amides is 2. The van der Waals surface area contributed by atoms with Crippen molar-refractivity contribution in [2.24, 2.45) is 0 Å². The molecule has 2 aromatic heterocycles. The summed E-state index contributed by atoms with van der Waals surface area (Å²) in [4.78, 5) is 26.3. The molecule has 0 unspecified atom stereocenters. The van der Waals surface area contributed by atoms with Gasteiger partial charge in [0.25, 0.3) is 5.91 Å². The van der Waals surface area contributed by atoms with E-state index in [1.165, 1.54) is 4.90 Å². The fourth-order valence-electron chi connectivity index (χ4n) is 3.04. The van der Waals surface area contributed by atoms with Gasteiger partial charge in [0.15, 0.2) is 0 Å². The zero-order valence-electron chi connectivity index (χ0n) is 16.0. The summed E-state index contributed by atoms with van der Waals surface area (Å²) >= 11 is 6.27. The van der Waals surface area contributed by atoms with Crippen LogP contribution in [0.2, 0.25) is 5.02 Å². The number of nitrogens with one attached hydrogen (secondary N) is 1. The molecule has 3 rings (SSSR count). The molecule has 0 aliphatic carbocycles. The number of hydrogen-bond acceptors (Lipinski definition) is 3. The number of aryl methyl sites for hydroxylation is 2. The molecule has 0 atom stereocenters. The summed E-state index contributed by atoms with van der Waals surface area (Å²) in [6.45, 7) is 4.19. The maximum atomic E-state index is 12.9. The summed E-state index contributed by atoms with van der Waals surface area (Å²) in [6, 6.07) is 12.9. The third kappa shape index (κ3) is 4.28. The quantitative estimate of drug-likeness (QED) is 0.686. The molecule has 0 saturated carbocycles. The molecule has 0 spiro atoms. The van der Waals surface area contributed by atoms with Crippen molar-refractivity contribution >= 4 is 23.4 Å². The van der Waals surface area contributed by atoms with Crippen LogP contribution in [0.1, 0.15) is 27.5 Å². The number of likely N-dealkylation sites (N-methyl/N-ethyl adjacent to an activating group) is 1. The molecule has 0 bridgehead atoms. The van der Waals surface area contributed by atoms with Crippen LogP contribution in [-0.4, -0.2) is 34.9 Å². The minimum atomic E-state index is -0.317. The molecule has 7 heteroatoms. The minimum absolute atomic E-state index is 0.0817. The third-order valence-electron chi connectivity index (χ3n) is 4.48. The molecule has 3 aromatic rings. The van der Waals surface area contributed by atoms with Gasteiger partial charge in [0.1, 0.15) is 5.76 Å². The number of carbonyl (C=O) groups is 2. The van der Waals surface area contributed by atoms with E-state index in [2.05, 4.69) is 5.32 Å². The summed E-state index contributed by atoms with van der Waals surface area (Å²) < 4.78 is 7.22. The average molecular weight is 400 g/mol. The van der Waals surface area contributed by atoms with E-state index in [9.17, 15) is 9.59 Å². The number of nitrogens with zero attached hydrogens (tertiary/aromatic N) is 2. The Morgan fingerprint density at radius 3 is 2.50 bits per heavy atom. The van der Waals surface area contributed by atoms with Crippen molar-refractivity contribution in [3.8, 4) is 5.69 Å². The Kier molecular flexibility index (Phi) is 5.90. The van der Waals surface area contributed by atoms with Crippen molar-refractivity contribution in [2.45, 2.75) is 20.4 Å². The van der Waals surface area contributed by atoms with Crippen molar-refractivity contribution < 1.29 is 14.0 Å². The summed E-state index contributed by atoms with van der Waals surface area (Å²) in [5.41, 5.74) is 3.32. The van der Waals surface area contributed by atoms with E-state index >= 15 is 0 Å². The molecule has 28 heavy (non-hydrogen) atoms. The van der Waals surface area contributed by atoms with Gasteiger partial charge in [0, 0.05) is 24.1 Å². The SMILES string of the molecule is Cc1ccc(C)n1-c1ccc(Cl)c(C(=O)N(C)CC(=O)NCc2ccco2)c1. The van der Waals surface area contributed by atoms with Gasteiger partial charge in [-0.1, -0.05) is 11.6 Å². The van der Waals surface area contributed by atoms with Gasteiger partial charge in [-0.2, -0.15) is 0 Å². The van der Waals surface area contributed by atoms with Crippen LogP contribution in [0.25, 0.3) is 5.69 Å². The second-order valence-corrected chi connectivity index (χ2v) is 7.04. The van der Waals surface area contributed by atoms with E-state index in [0.717, 1.165) is 17.1 Å². The number of furan rings is 1. The van der Waals surface area contributed by atoms with E-state index in [1.807, 2.05) is 36.6 Å². The molecule has 1 aromatic carbocycles. The molecule has 2 heterocycles. The van der Waals surface area contributed by atoms with Crippen LogP contribution in [-0.2, 0) is 11.3 Å². The first kappa shape index (κ1) is 19.8. The summed E-state index contributed by atoms with van der Waals surface area (Å²) in [6.07, 6.45) is 1.54. The Morgan fingerprint density at radius 1 is 1.14 bits per heavy atom. The van der Waals surface area contributed by atoms with Crippen molar-refractivity contribution in [3.05, 3.63) is 76.5 Å². The lowest BCUT2D eigenvalue weighted by Crippen LogP contribution is -2.38. The first-order valence-electron chi connectivity index (χ1n) is 8.86. The summed E-state index contributed by atoms with van der Waals surface area (Å²) in [7, 11) is 1.57. The number of carbonyl (C=O) groups excluding carboxylic acids is 2. The molecule has 1 N–H and O–H groups in total. The lowest BCUT2D eigenvalue weighted by atomic mass is 10.1. The number of rotatable bonds is 6. The van der Waals surface area contributed by atoms with Crippen LogP contribution in [0.4, 0.5) is 0 Å². The summed E-state index contributed by atoms with van der Waals surface area (Å²) in [5, 5.41) is 3.07. The number of halogens is 1. The first-order valence-corrected chi connectivity index (χ1v) is 9.24. The lowest BCUT2D eigenvalue weighted by molar-refractivity contribution is -0.121. The number of hydrogen-bond donors (Lipinski definition) is 1. The van der Waals surface area contributed by atoms with Crippen molar-refractivity contribution in [1.82, 2.24) is 14.8 Å². The minimum Gasteiger partial charge on any atom is -0.467 e. The van der Waals surface area contributed by atoms with Gasteiger partial charge >= 0.3 is 0 Å². The highest BCUT2D eigenvalue weighted by atomic mass is 35.5. The zero-order chi connectivity index (χ0) is 20.3. The Morgan fingerprint density at radius 2 is 1.86 bits per heavy atom. The highest BCUT2D eigenvalue weighted by Crippen LogP contribution is 2.24. The second-order valence-electron chi connectivity index (χ2n) is 6.63. The molecule has 0 aliphatic heterocycles. The first-order chi connectivity index (χ1) is 13.4. The van der Waals surface area contributed by atoms with E-state index < -0.39 is 0 Å². The van der Waals surface area contributed by atoms with Gasteiger partial charge in [-0.3, -0.25) is 9.59 Å². The molecule has 0 saturated heterocycles. The predicted molar refractivity (Wildman–Crippen MR) is 108 cm³/mol. The zero-order valence-corrected chi connectivity index (χ0v) is 16.8. The maximum Gasteiger partial charge on any atom is 0.255 e. The standard InChI is InChI=1S/C21H22ClN3O3/c1-14-6-7-15(2)25(14)16-8-9-19(22)18(11-16)21(27)24(3)13-20(26)23-12-17-5-4-10-28-17/h4-11H,12-13H2,1-3H3,(H,23,26). The smallest absolute Gasteiger partial charge is 0.255 e. The predicted octanol–water partition coefficient (Wildman–Crippen LogP) is 3.73. The van der Waals surface area contributed by atoms with Gasteiger partial charge in [-0.05, 0) is 56.3 Å². The van der Waals surface area contributed by atoms with Gasteiger partial charge in [-0.25, -0.2) is 0 Å². The van der Waals surface area contributed by atoms with E-state index in [-0.39, 0.29) is 24.9 Å². The van der Waals surface area contributed by atoms with Crippen LogP contribution < -0.4 is 5.32 Å². The molecule has 0 aliphatic rings.